The van der Waals surface area contributed by atoms with E-state index in [1.165, 1.54) is 13.3 Å². The molecule has 3 N–H and O–H groups in total. The van der Waals surface area contributed by atoms with Crippen molar-refractivity contribution in [2.45, 2.75) is 13.8 Å². The summed E-state index contributed by atoms with van der Waals surface area (Å²) >= 11 is 0. The molecule has 0 spiro atoms. The van der Waals surface area contributed by atoms with Crippen molar-refractivity contribution >= 4 is 34.1 Å². The molecule has 26 heavy (non-hydrogen) atoms. The molecule has 0 saturated heterocycles. The van der Waals surface area contributed by atoms with Crippen LogP contribution in [0.2, 0.25) is 0 Å². The summed E-state index contributed by atoms with van der Waals surface area (Å²) < 4.78 is 4.96. The van der Waals surface area contributed by atoms with Crippen molar-refractivity contribution in [1.29, 1.82) is 0 Å². The minimum atomic E-state index is -0.328. The highest BCUT2D eigenvalue weighted by Crippen LogP contribution is 2.32. The van der Waals surface area contributed by atoms with Crippen LogP contribution in [0.3, 0.4) is 0 Å². The van der Waals surface area contributed by atoms with Crippen molar-refractivity contribution in [3.8, 4) is 0 Å². The average Bonchev–Trinajstić information content (AvgIpc) is 2.64. The van der Waals surface area contributed by atoms with E-state index in [9.17, 15) is 4.79 Å². The van der Waals surface area contributed by atoms with E-state index < -0.39 is 0 Å². The summed E-state index contributed by atoms with van der Waals surface area (Å²) in [5.74, 6) is -0.328. The number of fused-ring (bicyclic) bond motifs is 1. The molecule has 132 valence electrons. The normalized spacial score (nSPS) is 11.4. The number of hydrogen-bond acceptors (Lipinski definition) is 5. The Morgan fingerprint density at radius 3 is 2.62 bits per heavy atom. The summed E-state index contributed by atoms with van der Waals surface area (Å²) in [5.41, 5.74) is 9.00. The molecule has 3 aromatic rings. The first-order valence-electron chi connectivity index (χ1n) is 7.99. The summed E-state index contributed by atoms with van der Waals surface area (Å²) in [6.45, 7) is 3.75. The molecular formula is C19H19N5O2. The van der Waals surface area contributed by atoms with Crippen molar-refractivity contribution in [1.82, 2.24) is 9.97 Å². The van der Waals surface area contributed by atoms with E-state index >= 15 is 0 Å². The van der Waals surface area contributed by atoms with Crippen molar-refractivity contribution in [2.75, 3.05) is 12.4 Å². The van der Waals surface area contributed by atoms with Gasteiger partial charge in [0, 0.05) is 17.3 Å². The van der Waals surface area contributed by atoms with Crippen LogP contribution in [0.5, 0.6) is 0 Å². The molecule has 3 rings (SSSR count). The van der Waals surface area contributed by atoms with Gasteiger partial charge in [-0.15, -0.1) is 0 Å². The molecule has 0 saturated carbocycles. The molecule has 0 unspecified atom stereocenters. The van der Waals surface area contributed by atoms with E-state index in [-0.39, 0.29) is 17.6 Å². The van der Waals surface area contributed by atoms with Gasteiger partial charge in [0.25, 0.3) is 11.9 Å². The molecule has 7 heteroatoms. The highest BCUT2D eigenvalue weighted by Gasteiger charge is 2.10. The van der Waals surface area contributed by atoms with Gasteiger partial charge in [-0.2, -0.15) is 4.99 Å². The van der Waals surface area contributed by atoms with Gasteiger partial charge in [-0.3, -0.25) is 9.78 Å². The van der Waals surface area contributed by atoms with Crippen molar-refractivity contribution in [3.63, 3.8) is 0 Å². The minimum Gasteiger partial charge on any atom is -0.469 e. The van der Waals surface area contributed by atoms with Crippen molar-refractivity contribution < 1.29 is 9.53 Å². The molecule has 0 radical (unpaired) electrons. The zero-order valence-electron chi connectivity index (χ0n) is 14.8. The predicted octanol–water partition coefficient (Wildman–Crippen LogP) is 3.09. The van der Waals surface area contributed by atoms with E-state index in [2.05, 4.69) is 20.3 Å². The highest BCUT2D eigenvalue weighted by atomic mass is 16.5. The van der Waals surface area contributed by atoms with Crippen LogP contribution < -0.4 is 11.1 Å². The Hall–Kier alpha value is -3.48. The van der Waals surface area contributed by atoms with Gasteiger partial charge in [0.05, 0.1) is 24.7 Å². The Balaban J connectivity index is 1.99. The van der Waals surface area contributed by atoms with Gasteiger partial charge in [0.1, 0.15) is 5.69 Å². The lowest BCUT2D eigenvalue weighted by Gasteiger charge is -2.10. The fraction of sp³-hybridized carbons (Fsp3) is 0.158. The zero-order valence-corrected chi connectivity index (χ0v) is 14.8. The Bertz CT molecular complexity index is 997. The number of carbonyl (C=O) groups is 1. The van der Waals surface area contributed by atoms with Crippen LogP contribution in [-0.4, -0.2) is 29.0 Å². The van der Waals surface area contributed by atoms with Crippen LogP contribution in [0.4, 0.5) is 11.4 Å². The Morgan fingerprint density at radius 2 is 1.92 bits per heavy atom. The standard InChI is InChI=1S/C19H19N5O2/c1-11-4-5-13-6-7-14(8-15(13)17(11)24-19(20)26-3)23-18(25)16-10-21-12(2)9-22-16/h4-10H,1-3H3,(H2,20,24)(H,23,25). The van der Waals surface area contributed by atoms with Gasteiger partial charge in [0.2, 0.25) is 0 Å². The summed E-state index contributed by atoms with van der Waals surface area (Å²) in [6, 6.07) is 9.61. The summed E-state index contributed by atoms with van der Waals surface area (Å²) in [4.78, 5) is 24.9. The second-order valence-electron chi connectivity index (χ2n) is 5.82. The molecule has 1 amide bonds. The SMILES string of the molecule is CO/C(N)=N\c1c(C)ccc2ccc(NC(=O)c3cnc(C)cn3)cc12. The smallest absolute Gasteiger partial charge is 0.286 e. The average molecular weight is 349 g/mol. The van der Waals surface area contributed by atoms with Crippen LogP contribution in [0, 0.1) is 13.8 Å². The first-order valence-corrected chi connectivity index (χ1v) is 7.99. The molecule has 1 aromatic heterocycles. The number of nitrogens with one attached hydrogen (secondary N) is 1. The Kier molecular flexibility index (Phi) is 4.79. The van der Waals surface area contributed by atoms with E-state index in [0.717, 1.165) is 22.0 Å². The maximum Gasteiger partial charge on any atom is 0.286 e. The third kappa shape index (κ3) is 3.61. The maximum atomic E-state index is 12.4. The number of ether oxygens (including phenoxy) is 1. The van der Waals surface area contributed by atoms with E-state index in [1.807, 2.05) is 44.2 Å². The first kappa shape index (κ1) is 17.3. The monoisotopic (exact) mass is 349 g/mol. The summed E-state index contributed by atoms with van der Waals surface area (Å²) in [6.07, 6.45) is 3.00. The van der Waals surface area contributed by atoms with Crippen LogP contribution >= 0.6 is 0 Å². The largest absolute Gasteiger partial charge is 0.469 e. The molecule has 0 bridgehead atoms. The number of amides is 1. The molecule has 0 aliphatic carbocycles. The summed E-state index contributed by atoms with van der Waals surface area (Å²) in [7, 11) is 1.47. The maximum absolute atomic E-state index is 12.4. The molecule has 0 atom stereocenters. The number of aromatic nitrogens is 2. The number of rotatable bonds is 3. The number of carbonyl (C=O) groups excluding carboxylic acids is 1. The number of anilines is 1. The lowest BCUT2D eigenvalue weighted by molar-refractivity contribution is 0.102. The van der Waals surface area contributed by atoms with Gasteiger partial charge in [-0.1, -0.05) is 18.2 Å². The van der Waals surface area contributed by atoms with Gasteiger partial charge in [0.15, 0.2) is 0 Å². The fourth-order valence-corrected chi connectivity index (χ4v) is 2.50. The molecule has 2 aromatic carbocycles. The van der Waals surface area contributed by atoms with E-state index in [4.69, 9.17) is 10.5 Å². The van der Waals surface area contributed by atoms with Crippen LogP contribution in [0.15, 0.2) is 47.7 Å². The third-order valence-electron chi connectivity index (χ3n) is 3.90. The second-order valence-corrected chi connectivity index (χ2v) is 5.82. The number of aryl methyl sites for hydroxylation is 2. The highest BCUT2D eigenvalue weighted by molar-refractivity contribution is 6.05. The van der Waals surface area contributed by atoms with Gasteiger partial charge < -0.3 is 15.8 Å². The molecule has 0 aliphatic rings. The first-order chi connectivity index (χ1) is 12.5. The van der Waals surface area contributed by atoms with Crippen LogP contribution in [0.25, 0.3) is 10.8 Å². The molecular weight excluding hydrogens is 330 g/mol. The predicted molar refractivity (Wildman–Crippen MR) is 102 cm³/mol. The summed E-state index contributed by atoms with van der Waals surface area (Å²) in [5, 5.41) is 4.67. The van der Waals surface area contributed by atoms with E-state index in [0.29, 0.717) is 11.4 Å². The van der Waals surface area contributed by atoms with Crippen molar-refractivity contribution in [3.05, 3.63) is 59.7 Å². The number of benzene rings is 2. The number of methoxy groups -OCH3 is 1. The zero-order chi connectivity index (χ0) is 18.7. The number of aliphatic imine (C=N–C) groups is 1. The third-order valence-corrected chi connectivity index (χ3v) is 3.90. The number of hydrogen-bond donors (Lipinski definition) is 2. The van der Waals surface area contributed by atoms with Gasteiger partial charge in [-0.05, 0) is 36.9 Å². The lowest BCUT2D eigenvalue weighted by Crippen LogP contribution is -2.14. The Labute approximate surface area is 150 Å². The quantitative estimate of drug-likeness (QED) is 0.559. The van der Waals surface area contributed by atoms with Crippen LogP contribution in [0.1, 0.15) is 21.7 Å². The van der Waals surface area contributed by atoms with Crippen LogP contribution in [-0.2, 0) is 4.74 Å². The second kappa shape index (κ2) is 7.18. The molecule has 0 aliphatic heterocycles. The number of nitrogens with zero attached hydrogens (tertiary/aromatic N) is 3. The molecule has 1 heterocycles. The minimum absolute atomic E-state index is 0.0740. The molecule has 7 nitrogen and oxygen atoms in total. The fourth-order valence-electron chi connectivity index (χ4n) is 2.50. The van der Waals surface area contributed by atoms with Gasteiger partial charge in [-0.25, -0.2) is 4.98 Å². The van der Waals surface area contributed by atoms with Crippen molar-refractivity contribution in [2.24, 2.45) is 10.7 Å². The number of amidine groups is 1. The Morgan fingerprint density at radius 1 is 1.15 bits per heavy atom. The topological polar surface area (TPSA) is 102 Å². The lowest BCUT2D eigenvalue weighted by atomic mass is 10.0. The number of nitrogens with two attached hydrogens (primary N) is 1. The molecule has 0 fully saturated rings. The van der Waals surface area contributed by atoms with Gasteiger partial charge >= 0.3 is 0 Å². The van der Waals surface area contributed by atoms with E-state index in [1.54, 1.807) is 6.20 Å².